The number of benzene rings is 1. The van der Waals surface area contributed by atoms with Crippen LogP contribution in [0.25, 0.3) is 0 Å². The molecule has 92 valence electrons. The molecular formula is C13H18N2O2. The van der Waals surface area contributed by atoms with Gasteiger partial charge in [-0.1, -0.05) is 12.1 Å². The number of hydrogen-bond donors (Lipinski definition) is 1. The monoisotopic (exact) mass is 234 g/mol. The zero-order chi connectivity index (χ0) is 12.8. The summed E-state index contributed by atoms with van der Waals surface area (Å²) in [6, 6.07) is 7.76. The van der Waals surface area contributed by atoms with Gasteiger partial charge >= 0.3 is 0 Å². The van der Waals surface area contributed by atoms with Gasteiger partial charge in [-0.25, -0.2) is 0 Å². The Balaban J connectivity index is 2.88. The Morgan fingerprint density at radius 1 is 1.53 bits per heavy atom. The SMILES string of the molecule is COCC(O)CN(C)c1c(C)cccc1C#N. The minimum atomic E-state index is -0.559. The van der Waals surface area contributed by atoms with Crippen molar-refractivity contribution in [3.63, 3.8) is 0 Å². The van der Waals surface area contributed by atoms with Crippen LogP contribution < -0.4 is 4.90 Å². The maximum absolute atomic E-state index is 9.69. The first-order chi connectivity index (χ1) is 8.10. The molecule has 0 aromatic heterocycles. The fourth-order valence-corrected chi connectivity index (χ4v) is 1.91. The van der Waals surface area contributed by atoms with Crippen molar-refractivity contribution in [2.24, 2.45) is 0 Å². The molecule has 4 nitrogen and oxygen atoms in total. The Bertz CT molecular complexity index is 412. The molecule has 1 aromatic carbocycles. The Kier molecular flexibility index (Phi) is 4.95. The molecule has 0 aliphatic carbocycles. The van der Waals surface area contributed by atoms with Crippen LogP contribution in [0.15, 0.2) is 18.2 Å². The zero-order valence-electron chi connectivity index (χ0n) is 10.5. The molecule has 0 aliphatic heterocycles. The van der Waals surface area contributed by atoms with Gasteiger partial charge in [0.2, 0.25) is 0 Å². The van der Waals surface area contributed by atoms with Crippen LogP contribution in [0.3, 0.4) is 0 Å². The van der Waals surface area contributed by atoms with Crippen LogP contribution in [0.1, 0.15) is 11.1 Å². The minimum Gasteiger partial charge on any atom is -0.389 e. The Morgan fingerprint density at radius 2 is 2.24 bits per heavy atom. The molecule has 0 amide bonds. The molecule has 1 atom stereocenters. The van der Waals surface area contributed by atoms with E-state index in [0.29, 0.717) is 12.1 Å². The first-order valence-corrected chi connectivity index (χ1v) is 5.48. The van der Waals surface area contributed by atoms with Crippen molar-refractivity contribution in [2.45, 2.75) is 13.0 Å². The van der Waals surface area contributed by atoms with Crippen molar-refractivity contribution in [1.82, 2.24) is 0 Å². The van der Waals surface area contributed by atoms with E-state index in [9.17, 15) is 5.11 Å². The third kappa shape index (κ3) is 3.45. The highest BCUT2D eigenvalue weighted by Gasteiger charge is 2.13. The number of methoxy groups -OCH3 is 1. The van der Waals surface area contributed by atoms with E-state index in [1.807, 2.05) is 31.0 Å². The number of hydrogen-bond acceptors (Lipinski definition) is 4. The topological polar surface area (TPSA) is 56.5 Å². The highest BCUT2D eigenvalue weighted by molar-refractivity contribution is 5.63. The lowest BCUT2D eigenvalue weighted by Crippen LogP contribution is -2.32. The van der Waals surface area contributed by atoms with Crippen LogP contribution in [-0.4, -0.2) is 38.5 Å². The van der Waals surface area contributed by atoms with E-state index in [4.69, 9.17) is 10.00 Å². The van der Waals surface area contributed by atoms with Gasteiger partial charge in [-0.2, -0.15) is 5.26 Å². The normalized spacial score (nSPS) is 11.9. The number of aliphatic hydroxyl groups is 1. The average molecular weight is 234 g/mol. The number of aryl methyl sites for hydroxylation is 1. The molecule has 0 bridgehead atoms. The van der Waals surface area contributed by atoms with Crippen LogP contribution in [0.2, 0.25) is 0 Å². The summed E-state index contributed by atoms with van der Waals surface area (Å²) in [5.41, 5.74) is 2.51. The maximum atomic E-state index is 9.69. The van der Waals surface area contributed by atoms with Gasteiger partial charge in [0.05, 0.1) is 24.0 Å². The summed E-state index contributed by atoms with van der Waals surface area (Å²) in [4.78, 5) is 1.89. The van der Waals surface area contributed by atoms with Gasteiger partial charge < -0.3 is 14.7 Å². The second-order valence-corrected chi connectivity index (χ2v) is 4.07. The van der Waals surface area contributed by atoms with E-state index in [1.54, 1.807) is 13.2 Å². The van der Waals surface area contributed by atoms with Gasteiger partial charge in [0.1, 0.15) is 6.07 Å². The number of aliphatic hydroxyl groups excluding tert-OH is 1. The molecule has 0 radical (unpaired) electrons. The lowest BCUT2D eigenvalue weighted by molar-refractivity contribution is 0.0695. The van der Waals surface area contributed by atoms with E-state index in [1.165, 1.54) is 0 Å². The van der Waals surface area contributed by atoms with Gasteiger partial charge in [0, 0.05) is 20.7 Å². The lowest BCUT2D eigenvalue weighted by Gasteiger charge is -2.25. The van der Waals surface area contributed by atoms with E-state index in [0.717, 1.165) is 11.3 Å². The zero-order valence-corrected chi connectivity index (χ0v) is 10.5. The van der Waals surface area contributed by atoms with Gasteiger partial charge in [-0.05, 0) is 18.6 Å². The second-order valence-electron chi connectivity index (χ2n) is 4.07. The number of nitrogens with zero attached hydrogens (tertiary/aromatic N) is 2. The number of ether oxygens (including phenoxy) is 1. The molecule has 0 aliphatic rings. The summed E-state index contributed by atoms with van der Waals surface area (Å²) in [6.45, 7) is 2.68. The standard InChI is InChI=1S/C13H18N2O2/c1-10-5-4-6-11(7-14)13(10)15(2)8-12(16)9-17-3/h4-6,12,16H,8-9H2,1-3H3. The van der Waals surface area contributed by atoms with Gasteiger partial charge in [-0.3, -0.25) is 0 Å². The predicted molar refractivity (Wildman–Crippen MR) is 67.0 cm³/mol. The second kappa shape index (κ2) is 6.24. The molecule has 1 N–H and O–H groups in total. The molecule has 0 heterocycles. The van der Waals surface area contributed by atoms with E-state index in [2.05, 4.69) is 6.07 Å². The molecule has 1 aromatic rings. The van der Waals surface area contributed by atoms with E-state index < -0.39 is 6.10 Å². The van der Waals surface area contributed by atoms with Crippen LogP contribution in [0.5, 0.6) is 0 Å². The van der Waals surface area contributed by atoms with Crippen molar-refractivity contribution in [3.8, 4) is 6.07 Å². The summed E-state index contributed by atoms with van der Waals surface area (Å²) in [5, 5.41) is 18.8. The first-order valence-electron chi connectivity index (χ1n) is 5.48. The Labute approximate surface area is 102 Å². The summed E-state index contributed by atoms with van der Waals surface area (Å²) in [5.74, 6) is 0. The third-order valence-electron chi connectivity index (χ3n) is 2.58. The van der Waals surface area contributed by atoms with Crippen LogP contribution in [0.4, 0.5) is 5.69 Å². The number of likely N-dealkylation sites (N-methyl/N-ethyl adjacent to an activating group) is 1. The Hall–Kier alpha value is -1.57. The summed E-state index contributed by atoms with van der Waals surface area (Å²) in [6.07, 6.45) is -0.559. The summed E-state index contributed by atoms with van der Waals surface area (Å²) in [7, 11) is 3.42. The molecular weight excluding hydrogens is 216 g/mol. The van der Waals surface area contributed by atoms with Gasteiger partial charge in [0.25, 0.3) is 0 Å². The molecule has 0 fully saturated rings. The van der Waals surface area contributed by atoms with Crippen LogP contribution in [0, 0.1) is 18.3 Å². The fraction of sp³-hybridized carbons (Fsp3) is 0.462. The molecule has 0 spiro atoms. The molecule has 17 heavy (non-hydrogen) atoms. The maximum Gasteiger partial charge on any atom is 0.101 e. The quantitative estimate of drug-likeness (QED) is 0.834. The highest BCUT2D eigenvalue weighted by atomic mass is 16.5. The molecule has 1 rings (SSSR count). The summed E-state index contributed by atoms with van der Waals surface area (Å²) >= 11 is 0. The van der Waals surface area contributed by atoms with Gasteiger partial charge in [-0.15, -0.1) is 0 Å². The van der Waals surface area contributed by atoms with Crippen molar-refractivity contribution in [2.75, 3.05) is 32.2 Å². The average Bonchev–Trinajstić information content (AvgIpc) is 2.28. The van der Waals surface area contributed by atoms with Crippen molar-refractivity contribution >= 4 is 5.69 Å². The van der Waals surface area contributed by atoms with Crippen LogP contribution in [-0.2, 0) is 4.74 Å². The summed E-state index contributed by atoms with van der Waals surface area (Å²) < 4.78 is 4.89. The Morgan fingerprint density at radius 3 is 2.82 bits per heavy atom. The van der Waals surface area contributed by atoms with Gasteiger partial charge in [0.15, 0.2) is 0 Å². The predicted octanol–water partition coefficient (Wildman–Crippen LogP) is 1.31. The lowest BCUT2D eigenvalue weighted by atomic mass is 10.1. The molecule has 1 unspecified atom stereocenters. The van der Waals surface area contributed by atoms with E-state index in [-0.39, 0.29) is 6.61 Å². The third-order valence-corrected chi connectivity index (χ3v) is 2.58. The van der Waals surface area contributed by atoms with Crippen molar-refractivity contribution in [3.05, 3.63) is 29.3 Å². The smallest absolute Gasteiger partial charge is 0.101 e. The first kappa shape index (κ1) is 13.5. The molecule has 0 saturated heterocycles. The minimum absolute atomic E-state index is 0.290. The van der Waals surface area contributed by atoms with Crippen molar-refractivity contribution in [1.29, 1.82) is 5.26 Å². The number of nitriles is 1. The highest BCUT2D eigenvalue weighted by Crippen LogP contribution is 2.23. The number of anilines is 1. The fourth-order valence-electron chi connectivity index (χ4n) is 1.91. The van der Waals surface area contributed by atoms with E-state index >= 15 is 0 Å². The molecule has 0 saturated carbocycles. The number of para-hydroxylation sites is 1. The van der Waals surface area contributed by atoms with Crippen molar-refractivity contribution < 1.29 is 9.84 Å². The number of rotatable bonds is 5. The van der Waals surface area contributed by atoms with Crippen LogP contribution >= 0.6 is 0 Å². The largest absolute Gasteiger partial charge is 0.389 e. The molecule has 4 heteroatoms.